The fourth-order valence-electron chi connectivity index (χ4n) is 3.98. The van der Waals surface area contributed by atoms with Crippen LogP contribution >= 0.6 is 0 Å². The molecule has 1 heterocycles. The highest BCUT2D eigenvalue weighted by Gasteiger charge is 2.25. The summed E-state index contributed by atoms with van der Waals surface area (Å²) < 4.78 is 0. The van der Waals surface area contributed by atoms with Gasteiger partial charge in [-0.15, -0.1) is 0 Å². The first-order valence-corrected chi connectivity index (χ1v) is 10.2. The monoisotopic (exact) mass is 369 g/mol. The van der Waals surface area contributed by atoms with Gasteiger partial charge in [0.25, 0.3) is 5.91 Å². The largest absolute Gasteiger partial charge is 0.349 e. The highest BCUT2D eigenvalue weighted by atomic mass is 16.2. The second kappa shape index (κ2) is 9.70. The lowest BCUT2D eigenvalue weighted by atomic mass is 10.0. The number of rotatable bonds is 6. The van der Waals surface area contributed by atoms with Gasteiger partial charge in [0.15, 0.2) is 0 Å². The summed E-state index contributed by atoms with van der Waals surface area (Å²) in [6, 6.07) is 9.53. The quantitative estimate of drug-likeness (QED) is 0.838. The molecular formula is C22H31N3O2. The second-order valence-electron chi connectivity index (χ2n) is 7.47. The fourth-order valence-corrected chi connectivity index (χ4v) is 3.98. The Hall–Kier alpha value is -2.14. The molecule has 0 bridgehead atoms. The molecule has 0 spiro atoms. The van der Waals surface area contributed by atoms with Crippen LogP contribution in [0.5, 0.6) is 0 Å². The Labute approximate surface area is 162 Å². The zero-order valence-corrected chi connectivity index (χ0v) is 16.3. The third-order valence-corrected chi connectivity index (χ3v) is 5.55. The van der Waals surface area contributed by atoms with Crippen LogP contribution in [0.4, 0.5) is 0 Å². The Kier molecular flexibility index (Phi) is 7.04. The number of likely N-dealkylation sites (tertiary alicyclic amines) is 1. The molecule has 1 aromatic rings. The van der Waals surface area contributed by atoms with Gasteiger partial charge in [-0.2, -0.15) is 0 Å². The van der Waals surface area contributed by atoms with Crippen LogP contribution in [0.25, 0.3) is 0 Å². The van der Waals surface area contributed by atoms with Gasteiger partial charge in [-0.05, 0) is 57.6 Å². The molecule has 27 heavy (non-hydrogen) atoms. The predicted molar refractivity (Wildman–Crippen MR) is 107 cm³/mol. The summed E-state index contributed by atoms with van der Waals surface area (Å²) in [5.74, 6) is 0.198. The minimum absolute atomic E-state index is 0.00785. The van der Waals surface area contributed by atoms with E-state index in [0.29, 0.717) is 12.1 Å². The van der Waals surface area contributed by atoms with Crippen molar-refractivity contribution >= 4 is 11.8 Å². The molecule has 1 aliphatic carbocycles. The van der Waals surface area contributed by atoms with Crippen molar-refractivity contribution in [2.75, 3.05) is 26.2 Å². The lowest BCUT2D eigenvalue weighted by Crippen LogP contribution is -2.48. The van der Waals surface area contributed by atoms with E-state index in [4.69, 9.17) is 0 Å². The summed E-state index contributed by atoms with van der Waals surface area (Å²) in [6.45, 7) is 4.97. The summed E-state index contributed by atoms with van der Waals surface area (Å²) in [5.41, 5.74) is 1.91. The molecular weight excluding hydrogens is 338 g/mol. The second-order valence-corrected chi connectivity index (χ2v) is 7.47. The molecule has 1 fully saturated rings. The van der Waals surface area contributed by atoms with Gasteiger partial charge in [0.1, 0.15) is 0 Å². The van der Waals surface area contributed by atoms with Gasteiger partial charge in [-0.25, -0.2) is 0 Å². The van der Waals surface area contributed by atoms with Crippen LogP contribution in [-0.2, 0) is 4.79 Å². The third kappa shape index (κ3) is 5.42. The van der Waals surface area contributed by atoms with Crippen LogP contribution in [0.2, 0.25) is 0 Å². The van der Waals surface area contributed by atoms with E-state index in [-0.39, 0.29) is 17.9 Å². The first kappa shape index (κ1) is 19.6. The summed E-state index contributed by atoms with van der Waals surface area (Å²) in [5, 5.41) is 3.12. The van der Waals surface area contributed by atoms with Gasteiger partial charge in [0.2, 0.25) is 5.91 Å². The van der Waals surface area contributed by atoms with Crippen molar-refractivity contribution in [2.45, 2.75) is 51.5 Å². The minimum Gasteiger partial charge on any atom is -0.349 e. The number of nitrogens with one attached hydrogen (secondary N) is 1. The van der Waals surface area contributed by atoms with Crippen molar-refractivity contribution in [1.82, 2.24) is 15.1 Å². The Morgan fingerprint density at radius 2 is 1.89 bits per heavy atom. The Balaban J connectivity index is 1.45. The van der Waals surface area contributed by atoms with Crippen LogP contribution in [0.1, 0.15) is 55.8 Å². The molecule has 2 aliphatic rings. The molecule has 1 saturated heterocycles. The van der Waals surface area contributed by atoms with E-state index in [1.807, 2.05) is 35.2 Å². The van der Waals surface area contributed by atoms with Gasteiger partial charge in [0.05, 0.1) is 6.54 Å². The number of amides is 2. The normalized spacial score (nSPS) is 18.6. The van der Waals surface area contributed by atoms with Crippen LogP contribution in [0, 0.1) is 0 Å². The first-order chi connectivity index (χ1) is 13.2. The van der Waals surface area contributed by atoms with Gasteiger partial charge in [0, 0.05) is 36.9 Å². The predicted octanol–water partition coefficient (Wildman–Crippen LogP) is 3.19. The molecule has 0 atom stereocenters. The Bertz CT molecular complexity index is 663. The smallest absolute Gasteiger partial charge is 0.251 e. The number of benzene rings is 1. The molecule has 5 nitrogen and oxygen atoms in total. The number of hydrogen-bond acceptors (Lipinski definition) is 3. The van der Waals surface area contributed by atoms with Crippen molar-refractivity contribution in [3.05, 3.63) is 47.7 Å². The molecule has 0 radical (unpaired) electrons. The zero-order valence-electron chi connectivity index (χ0n) is 16.3. The molecule has 5 heteroatoms. The maximum atomic E-state index is 12.8. The summed E-state index contributed by atoms with van der Waals surface area (Å²) >= 11 is 0. The number of carbonyl (C=O) groups is 2. The van der Waals surface area contributed by atoms with Crippen molar-refractivity contribution < 1.29 is 9.59 Å². The number of likely N-dealkylation sites (N-methyl/N-ethyl adjacent to an activating group) is 1. The SMILES string of the molecule is CCN(C(=O)CN1CCC(NC(=O)c2ccccc2)CC1)C1=CCCCC1. The summed E-state index contributed by atoms with van der Waals surface area (Å²) in [4.78, 5) is 29.2. The molecule has 146 valence electrons. The fraction of sp³-hybridized carbons (Fsp3) is 0.545. The van der Waals surface area contributed by atoms with E-state index < -0.39 is 0 Å². The average Bonchev–Trinajstić information content (AvgIpc) is 2.71. The highest BCUT2D eigenvalue weighted by molar-refractivity contribution is 5.94. The van der Waals surface area contributed by atoms with E-state index in [9.17, 15) is 9.59 Å². The van der Waals surface area contributed by atoms with Gasteiger partial charge in [-0.1, -0.05) is 24.3 Å². The lowest BCUT2D eigenvalue weighted by molar-refractivity contribution is -0.130. The molecule has 1 aliphatic heterocycles. The molecule has 0 saturated carbocycles. The van der Waals surface area contributed by atoms with E-state index in [1.54, 1.807) is 0 Å². The first-order valence-electron chi connectivity index (χ1n) is 10.2. The van der Waals surface area contributed by atoms with E-state index in [0.717, 1.165) is 45.3 Å². The Morgan fingerprint density at radius 1 is 1.15 bits per heavy atom. The standard InChI is InChI=1S/C22H31N3O2/c1-2-25(20-11-7-4-8-12-20)21(26)17-24-15-13-19(14-16-24)23-22(27)18-9-5-3-6-10-18/h3,5-6,9-11,19H,2,4,7-8,12-17H2,1H3,(H,23,27). The van der Waals surface area contributed by atoms with Gasteiger partial charge >= 0.3 is 0 Å². The van der Waals surface area contributed by atoms with Crippen LogP contribution in [-0.4, -0.2) is 53.8 Å². The highest BCUT2D eigenvalue weighted by Crippen LogP contribution is 2.21. The van der Waals surface area contributed by atoms with Crippen LogP contribution in [0.15, 0.2) is 42.1 Å². The third-order valence-electron chi connectivity index (χ3n) is 5.55. The molecule has 0 aromatic heterocycles. The maximum absolute atomic E-state index is 12.8. The lowest BCUT2D eigenvalue weighted by Gasteiger charge is -2.34. The maximum Gasteiger partial charge on any atom is 0.251 e. The average molecular weight is 370 g/mol. The van der Waals surface area contributed by atoms with Crippen molar-refractivity contribution in [3.8, 4) is 0 Å². The number of piperidine rings is 1. The van der Waals surface area contributed by atoms with E-state index >= 15 is 0 Å². The number of nitrogens with zero attached hydrogens (tertiary/aromatic N) is 2. The van der Waals surface area contributed by atoms with E-state index in [1.165, 1.54) is 18.5 Å². The molecule has 1 N–H and O–H groups in total. The van der Waals surface area contributed by atoms with Crippen LogP contribution < -0.4 is 5.32 Å². The van der Waals surface area contributed by atoms with Crippen LogP contribution in [0.3, 0.4) is 0 Å². The molecule has 1 aromatic carbocycles. The van der Waals surface area contributed by atoms with Crippen molar-refractivity contribution in [2.24, 2.45) is 0 Å². The zero-order chi connectivity index (χ0) is 19.1. The van der Waals surface area contributed by atoms with Gasteiger partial charge < -0.3 is 10.2 Å². The Morgan fingerprint density at radius 3 is 2.52 bits per heavy atom. The van der Waals surface area contributed by atoms with E-state index in [2.05, 4.69) is 23.2 Å². The van der Waals surface area contributed by atoms with Crippen molar-refractivity contribution in [3.63, 3.8) is 0 Å². The number of hydrogen-bond donors (Lipinski definition) is 1. The summed E-state index contributed by atoms with van der Waals surface area (Å²) in [7, 11) is 0. The number of carbonyl (C=O) groups excluding carboxylic acids is 2. The van der Waals surface area contributed by atoms with Gasteiger partial charge in [-0.3, -0.25) is 14.5 Å². The topological polar surface area (TPSA) is 52.7 Å². The van der Waals surface area contributed by atoms with Crippen molar-refractivity contribution in [1.29, 1.82) is 0 Å². The molecule has 3 rings (SSSR count). The summed E-state index contributed by atoms with van der Waals surface area (Å²) in [6.07, 6.45) is 8.54. The molecule has 2 amide bonds. The number of allylic oxidation sites excluding steroid dienone is 2. The minimum atomic E-state index is -0.00785. The molecule has 0 unspecified atom stereocenters.